The van der Waals surface area contributed by atoms with Gasteiger partial charge in [-0.05, 0) is 19.8 Å². The number of morpholine rings is 1. The molecule has 2 saturated heterocycles. The number of nitrogens with zero attached hydrogens (tertiary/aromatic N) is 1. The lowest BCUT2D eigenvalue weighted by Crippen LogP contribution is -2.53. The Hall–Kier alpha value is -0.610. The van der Waals surface area contributed by atoms with Gasteiger partial charge in [0.2, 0.25) is 0 Å². The molecule has 2 aliphatic rings. The first kappa shape index (κ1) is 8.97. The molecule has 2 heterocycles. The smallest absolute Gasteiger partial charge is 0.252 e. The van der Waals surface area contributed by atoms with Gasteiger partial charge in [0, 0.05) is 0 Å². The molecule has 0 radical (unpaired) electrons. The molecule has 0 spiro atoms. The first-order chi connectivity index (χ1) is 6.24. The van der Waals surface area contributed by atoms with Crippen molar-refractivity contribution in [3.05, 3.63) is 0 Å². The number of hydrogen-bond donors (Lipinski definition) is 1. The van der Waals surface area contributed by atoms with Crippen LogP contribution in [0.2, 0.25) is 0 Å². The Kier molecular flexibility index (Phi) is 2.26. The molecule has 0 aromatic heterocycles. The molecule has 13 heavy (non-hydrogen) atoms. The predicted octanol–water partition coefficient (Wildman–Crippen LogP) is -0.243. The van der Waals surface area contributed by atoms with E-state index in [1.54, 1.807) is 6.92 Å². The number of fused-ring (bicyclic) bond motifs is 1. The van der Waals surface area contributed by atoms with E-state index in [1.165, 1.54) is 0 Å². The van der Waals surface area contributed by atoms with E-state index in [0.717, 1.165) is 12.8 Å². The third-order valence-electron chi connectivity index (χ3n) is 2.97. The van der Waals surface area contributed by atoms with Gasteiger partial charge in [0.1, 0.15) is 6.10 Å². The lowest BCUT2D eigenvalue weighted by atomic mass is 10.2. The number of ether oxygens (including phenoxy) is 1. The van der Waals surface area contributed by atoms with Crippen LogP contribution in [-0.4, -0.2) is 47.3 Å². The van der Waals surface area contributed by atoms with Crippen LogP contribution < -0.4 is 0 Å². The fraction of sp³-hybridized carbons (Fsp3) is 0.889. The molecular weight excluding hydrogens is 170 g/mol. The highest BCUT2D eigenvalue weighted by molar-refractivity contribution is 5.82. The van der Waals surface area contributed by atoms with Crippen LogP contribution >= 0.6 is 0 Å². The zero-order valence-electron chi connectivity index (χ0n) is 7.77. The highest BCUT2D eigenvalue weighted by atomic mass is 16.5. The van der Waals surface area contributed by atoms with E-state index >= 15 is 0 Å². The maximum absolute atomic E-state index is 11.7. The summed E-state index contributed by atoms with van der Waals surface area (Å²) in [4.78, 5) is 13.5. The normalized spacial score (nSPS) is 39.4. The topological polar surface area (TPSA) is 49.8 Å². The maximum atomic E-state index is 11.7. The molecule has 0 bridgehead atoms. The summed E-state index contributed by atoms with van der Waals surface area (Å²) in [6, 6.07) is 0.240. The van der Waals surface area contributed by atoms with Crippen molar-refractivity contribution in [1.29, 1.82) is 0 Å². The van der Waals surface area contributed by atoms with Crippen molar-refractivity contribution < 1.29 is 14.6 Å². The fourth-order valence-corrected chi connectivity index (χ4v) is 2.20. The lowest BCUT2D eigenvalue weighted by Gasteiger charge is -2.36. The standard InChI is InChI=1S/C9H15NO3/c1-6-9(12)10-7(4-11)2-3-8(10)5-13-6/h6-8,11H,2-5H2,1H3/t6?,7-,8-/m1/s1. The summed E-state index contributed by atoms with van der Waals surface area (Å²) in [7, 11) is 0. The van der Waals surface area contributed by atoms with E-state index < -0.39 is 0 Å². The molecule has 74 valence electrons. The van der Waals surface area contributed by atoms with Crippen LogP contribution in [0.5, 0.6) is 0 Å². The Morgan fingerprint density at radius 3 is 3.08 bits per heavy atom. The van der Waals surface area contributed by atoms with E-state index in [2.05, 4.69) is 0 Å². The number of aliphatic hydroxyl groups is 1. The van der Waals surface area contributed by atoms with Gasteiger partial charge in [0.05, 0.1) is 25.3 Å². The van der Waals surface area contributed by atoms with E-state index in [0.29, 0.717) is 6.61 Å². The molecule has 0 aromatic rings. The van der Waals surface area contributed by atoms with Gasteiger partial charge in [-0.1, -0.05) is 0 Å². The fourth-order valence-electron chi connectivity index (χ4n) is 2.20. The minimum Gasteiger partial charge on any atom is -0.394 e. The average Bonchev–Trinajstić information content (AvgIpc) is 2.55. The second-order valence-electron chi connectivity index (χ2n) is 3.79. The Labute approximate surface area is 77.5 Å². The zero-order valence-corrected chi connectivity index (χ0v) is 7.77. The Balaban J connectivity index is 2.14. The molecule has 2 aliphatic heterocycles. The van der Waals surface area contributed by atoms with Gasteiger partial charge in [-0.25, -0.2) is 0 Å². The minimum atomic E-state index is -0.330. The summed E-state index contributed by atoms with van der Waals surface area (Å²) in [6.07, 6.45) is 1.54. The van der Waals surface area contributed by atoms with Gasteiger partial charge in [-0.3, -0.25) is 4.79 Å². The molecule has 3 atom stereocenters. The number of amides is 1. The van der Waals surface area contributed by atoms with E-state index in [9.17, 15) is 4.79 Å². The predicted molar refractivity (Wildman–Crippen MR) is 46.2 cm³/mol. The van der Waals surface area contributed by atoms with Gasteiger partial charge >= 0.3 is 0 Å². The van der Waals surface area contributed by atoms with Crippen molar-refractivity contribution in [2.75, 3.05) is 13.2 Å². The van der Waals surface area contributed by atoms with Crippen LogP contribution in [0.1, 0.15) is 19.8 Å². The number of rotatable bonds is 1. The van der Waals surface area contributed by atoms with E-state index in [-0.39, 0.29) is 30.7 Å². The summed E-state index contributed by atoms with van der Waals surface area (Å²) in [6.45, 7) is 2.48. The molecule has 0 aromatic carbocycles. The third-order valence-corrected chi connectivity index (χ3v) is 2.97. The van der Waals surface area contributed by atoms with Crippen LogP contribution in [-0.2, 0) is 9.53 Å². The molecule has 4 nitrogen and oxygen atoms in total. The monoisotopic (exact) mass is 185 g/mol. The quantitative estimate of drug-likeness (QED) is 0.613. The summed E-state index contributed by atoms with van der Waals surface area (Å²) in [5, 5.41) is 9.07. The molecule has 1 amide bonds. The van der Waals surface area contributed by atoms with Crippen LogP contribution in [0, 0.1) is 0 Å². The second-order valence-corrected chi connectivity index (χ2v) is 3.79. The van der Waals surface area contributed by atoms with Crippen molar-refractivity contribution in [1.82, 2.24) is 4.90 Å². The highest BCUT2D eigenvalue weighted by Crippen LogP contribution is 2.28. The summed E-state index contributed by atoms with van der Waals surface area (Å²) in [5.41, 5.74) is 0. The Bertz CT molecular complexity index is 213. The molecule has 2 rings (SSSR count). The lowest BCUT2D eigenvalue weighted by molar-refractivity contribution is -0.158. The first-order valence-corrected chi connectivity index (χ1v) is 4.78. The van der Waals surface area contributed by atoms with Gasteiger partial charge in [0.25, 0.3) is 5.91 Å². The van der Waals surface area contributed by atoms with Crippen LogP contribution in [0.15, 0.2) is 0 Å². The molecule has 0 saturated carbocycles. The van der Waals surface area contributed by atoms with Gasteiger partial charge in [-0.2, -0.15) is 0 Å². The van der Waals surface area contributed by atoms with Crippen molar-refractivity contribution in [3.63, 3.8) is 0 Å². The van der Waals surface area contributed by atoms with Crippen molar-refractivity contribution in [3.8, 4) is 0 Å². The van der Waals surface area contributed by atoms with Gasteiger partial charge in [-0.15, -0.1) is 0 Å². The third kappa shape index (κ3) is 1.34. The molecule has 1 unspecified atom stereocenters. The largest absolute Gasteiger partial charge is 0.394 e. The highest BCUT2D eigenvalue weighted by Gasteiger charge is 2.41. The molecule has 2 fully saturated rings. The molecule has 1 N–H and O–H groups in total. The van der Waals surface area contributed by atoms with Crippen molar-refractivity contribution >= 4 is 5.91 Å². The Morgan fingerprint density at radius 1 is 1.62 bits per heavy atom. The number of hydrogen-bond acceptors (Lipinski definition) is 3. The average molecular weight is 185 g/mol. The van der Waals surface area contributed by atoms with Gasteiger partial charge < -0.3 is 14.7 Å². The molecule has 0 aliphatic carbocycles. The number of carbonyl (C=O) groups is 1. The van der Waals surface area contributed by atoms with Crippen LogP contribution in [0.25, 0.3) is 0 Å². The van der Waals surface area contributed by atoms with E-state index in [4.69, 9.17) is 9.84 Å². The number of carbonyl (C=O) groups excluding carboxylic acids is 1. The summed E-state index contributed by atoms with van der Waals surface area (Å²) in [5.74, 6) is 0.0350. The molecular formula is C9H15NO3. The maximum Gasteiger partial charge on any atom is 0.252 e. The van der Waals surface area contributed by atoms with E-state index in [1.807, 2.05) is 4.90 Å². The van der Waals surface area contributed by atoms with Crippen molar-refractivity contribution in [2.45, 2.75) is 38.0 Å². The van der Waals surface area contributed by atoms with Crippen LogP contribution in [0.4, 0.5) is 0 Å². The zero-order chi connectivity index (χ0) is 9.42. The SMILES string of the molecule is CC1OC[C@H]2CC[C@H](CO)N2C1=O. The minimum absolute atomic E-state index is 0.0313. The second kappa shape index (κ2) is 3.27. The van der Waals surface area contributed by atoms with Crippen molar-refractivity contribution in [2.24, 2.45) is 0 Å². The number of aliphatic hydroxyl groups excluding tert-OH is 1. The summed E-state index contributed by atoms with van der Waals surface area (Å²) >= 11 is 0. The Morgan fingerprint density at radius 2 is 2.38 bits per heavy atom. The molecule has 4 heteroatoms. The first-order valence-electron chi connectivity index (χ1n) is 4.78. The van der Waals surface area contributed by atoms with Gasteiger partial charge in [0.15, 0.2) is 0 Å². The van der Waals surface area contributed by atoms with Crippen LogP contribution in [0.3, 0.4) is 0 Å². The summed E-state index contributed by atoms with van der Waals surface area (Å²) < 4.78 is 5.32.